The Bertz CT molecular complexity index is 219. The van der Waals surface area contributed by atoms with Crippen molar-refractivity contribution < 1.29 is 4.79 Å². The molecule has 0 aromatic heterocycles. The summed E-state index contributed by atoms with van der Waals surface area (Å²) in [5.41, 5.74) is 5.52. The van der Waals surface area contributed by atoms with Crippen LogP contribution < -0.4 is 5.73 Å². The fourth-order valence-corrected chi connectivity index (χ4v) is 2.91. The summed E-state index contributed by atoms with van der Waals surface area (Å²) >= 11 is 0. The van der Waals surface area contributed by atoms with Crippen molar-refractivity contribution in [1.29, 1.82) is 0 Å². The molecule has 1 fully saturated rings. The summed E-state index contributed by atoms with van der Waals surface area (Å²) in [5, 5.41) is 0. The Morgan fingerprint density at radius 2 is 1.88 bits per heavy atom. The van der Waals surface area contributed by atoms with Gasteiger partial charge in [-0.15, -0.1) is 0 Å². The number of hydrogen-bond acceptors (Lipinski definition) is 2. The van der Waals surface area contributed by atoms with Crippen molar-refractivity contribution in [1.82, 2.24) is 0 Å². The van der Waals surface area contributed by atoms with Crippen LogP contribution in [0.2, 0.25) is 0 Å². The minimum Gasteiger partial charge on any atom is -0.330 e. The van der Waals surface area contributed by atoms with Gasteiger partial charge in [-0.05, 0) is 56.9 Å². The van der Waals surface area contributed by atoms with Gasteiger partial charge in [-0.1, -0.05) is 20.3 Å². The Labute approximate surface area is 106 Å². The maximum atomic E-state index is 12.1. The zero-order valence-electron chi connectivity index (χ0n) is 11.6. The molecular formula is C15H29NO. The van der Waals surface area contributed by atoms with Crippen molar-refractivity contribution in [2.75, 3.05) is 6.54 Å². The predicted molar refractivity (Wildman–Crippen MR) is 72.8 cm³/mol. The highest BCUT2D eigenvalue weighted by Gasteiger charge is 2.25. The van der Waals surface area contributed by atoms with Gasteiger partial charge in [-0.25, -0.2) is 0 Å². The average Bonchev–Trinajstić information content (AvgIpc) is 2.36. The van der Waals surface area contributed by atoms with E-state index < -0.39 is 0 Å². The molecule has 0 spiro atoms. The third-order valence-electron chi connectivity index (χ3n) is 4.42. The summed E-state index contributed by atoms with van der Waals surface area (Å²) in [7, 11) is 0. The number of carbonyl (C=O) groups excluding carboxylic acids is 1. The Morgan fingerprint density at radius 1 is 1.24 bits per heavy atom. The second kappa shape index (κ2) is 7.86. The monoisotopic (exact) mass is 239 g/mol. The first-order valence-corrected chi connectivity index (χ1v) is 7.40. The molecule has 0 saturated heterocycles. The van der Waals surface area contributed by atoms with Crippen LogP contribution in [0.4, 0.5) is 0 Å². The SMILES string of the molecule is CCC1CCC(C(=O)CCC(C)CCN)CC1. The van der Waals surface area contributed by atoms with E-state index >= 15 is 0 Å². The number of carbonyl (C=O) groups is 1. The summed E-state index contributed by atoms with van der Waals surface area (Å²) in [6.45, 7) is 5.21. The van der Waals surface area contributed by atoms with Gasteiger partial charge in [0, 0.05) is 12.3 Å². The van der Waals surface area contributed by atoms with Gasteiger partial charge in [0.2, 0.25) is 0 Å². The molecule has 0 amide bonds. The largest absolute Gasteiger partial charge is 0.330 e. The third kappa shape index (κ3) is 5.20. The fourth-order valence-electron chi connectivity index (χ4n) is 2.91. The molecule has 1 aliphatic rings. The Balaban J connectivity index is 2.20. The van der Waals surface area contributed by atoms with E-state index in [-0.39, 0.29) is 0 Å². The minimum atomic E-state index is 0.378. The zero-order chi connectivity index (χ0) is 12.7. The molecular weight excluding hydrogens is 210 g/mol. The van der Waals surface area contributed by atoms with E-state index in [4.69, 9.17) is 5.73 Å². The van der Waals surface area contributed by atoms with Crippen LogP contribution in [0.15, 0.2) is 0 Å². The first-order chi connectivity index (χ1) is 8.17. The lowest BCUT2D eigenvalue weighted by molar-refractivity contribution is -0.124. The van der Waals surface area contributed by atoms with E-state index in [0.29, 0.717) is 17.6 Å². The summed E-state index contributed by atoms with van der Waals surface area (Å²) in [4.78, 5) is 12.1. The summed E-state index contributed by atoms with van der Waals surface area (Å²) in [5.74, 6) is 2.39. The number of Topliss-reactive ketones (excluding diaryl/α,β-unsaturated/α-hetero) is 1. The number of ketones is 1. The first kappa shape index (κ1) is 14.7. The Hall–Kier alpha value is -0.370. The van der Waals surface area contributed by atoms with E-state index in [1.807, 2.05) is 0 Å². The van der Waals surface area contributed by atoms with Gasteiger partial charge in [-0.3, -0.25) is 4.79 Å². The molecule has 0 heterocycles. The average molecular weight is 239 g/mol. The molecule has 1 saturated carbocycles. The Morgan fingerprint density at radius 3 is 2.41 bits per heavy atom. The third-order valence-corrected chi connectivity index (χ3v) is 4.42. The zero-order valence-corrected chi connectivity index (χ0v) is 11.6. The van der Waals surface area contributed by atoms with Crippen LogP contribution in [0.1, 0.15) is 65.2 Å². The van der Waals surface area contributed by atoms with E-state index in [9.17, 15) is 4.79 Å². The molecule has 100 valence electrons. The molecule has 2 nitrogen and oxygen atoms in total. The highest BCUT2D eigenvalue weighted by molar-refractivity contribution is 5.81. The molecule has 1 unspecified atom stereocenters. The minimum absolute atomic E-state index is 0.378. The van der Waals surface area contributed by atoms with Gasteiger partial charge in [-0.2, -0.15) is 0 Å². The van der Waals surface area contributed by atoms with E-state index in [0.717, 1.165) is 44.6 Å². The predicted octanol–water partition coefficient (Wildman–Crippen LogP) is 3.54. The van der Waals surface area contributed by atoms with Crippen LogP contribution in [0.3, 0.4) is 0 Å². The lowest BCUT2D eigenvalue weighted by Gasteiger charge is -2.27. The van der Waals surface area contributed by atoms with Gasteiger partial charge < -0.3 is 5.73 Å². The van der Waals surface area contributed by atoms with Crippen LogP contribution in [-0.4, -0.2) is 12.3 Å². The standard InChI is InChI=1S/C15H29NO/c1-3-13-5-7-14(8-6-13)15(17)9-4-12(2)10-11-16/h12-14H,3-11,16H2,1-2H3. The smallest absolute Gasteiger partial charge is 0.135 e. The second-order valence-electron chi connectivity index (χ2n) is 5.81. The molecule has 2 heteroatoms. The summed E-state index contributed by atoms with van der Waals surface area (Å²) < 4.78 is 0. The normalized spacial score (nSPS) is 26.8. The molecule has 1 atom stereocenters. The maximum absolute atomic E-state index is 12.1. The molecule has 0 aliphatic heterocycles. The summed E-state index contributed by atoms with van der Waals surface area (Å²) in [6, 6.07) is 0. The molecule has 1 rings (SSSR count). The van der Waals surface area contributed by atoms with Crippen molar-refractivity contribution in [3.63, 3.8) is 0 Å². The quantitative estimate of drug-likeness (QED) is 0.738. The van der Waals surface area contributed by atoms with Gasteiger partial charge in [0.25, 0.3) is 0 Å². The van der Waals surface area contributed by atoms with E-state index in [1.54, 1.807) is 0 Å². The van der Waals surface area contributed by atoms with Gasteiger partial charge in [0.1, 0.15) is 5.78 Å². The van der Waals surface area contributed by atoms with Gasteiger partial charge in [0.15, 0.2) is 0 Å². The fraction of sp³-hybridized carbons (Fsp3) is 0.933. The molecule has 2 N–H and O–H groups in total. The first-order valence-electron chi connectivity index (χ1n) is 7.40. The lowest BCUT2D eigenvalue weighted by Crippen LogP contribution is -2.22. The van der Waals surface area contributed by atoms with Gasteiger partial charge >= 0.3 is 0 Å². The maximum Gasteiger partial charge on any atom is 0.135 e. The second-order valence-corrected chi connectivity index (χ2v) is 5.81. The van der Waals surface area contributed by atoms with E-state index in [2.05, 4.69) is 13.8 Å². The van der Waals surface area contributed by atoms with Crippen LogP contribution in [-0.2, 0) is 4.79 Å². The molecule has 1 aliphatic carbocycles. The topological polar surface area (TPSA) is 43.1 Å². The van der Waals surface area contributed by atoms with Crippen molar-refractivity contribution >= 4 is 5.78 Å². The highest BCUT2D eigenvalue weighted by atomic mass is 16.1. The van der Waals surface area contributed by atoms with Gasteiger partial charge in [0.05, 0.1) is 0 Å². The van der Waals surface area contributed by atoms with E-state index in [1.165, 1.54) is 19.3 Å². The molecule has 0 aromatic rings. The molecule has 17 heavy (non-hydrogen) atoms. The number of nitrogens with two attached hydrogens (primary N) is 1. The lowest BCUT2D eigenvalue weighted by atomic mass is 9.78. The number of rotatable bonds is 7. The van der Waals surface area contributed by atoms with Crippen molar-refractivity contribution in [3.05, 3.63) is 0 Å². The molecule has 0 radical (unpaired) electrons. The molecule has 0 bridgehead atoms. The van der Waals surface area contributed by atoms with Crippen molar-refractivity contribution in [2.45, 2.75) is 65.2 Å². The van der Waals surface area contributed by atoms with Crippen LogP contribution in [0.5, 0.6) is 0 Å². The molecule has 0 aromatic carbocycles. The van der Waals surface area contributed by atoms with Crippen LogP contribution in [0, 0.1) is 17.8 Å². The number of hydrogen-bond donors (Lipinski definition) is 1. The Kier molecular flexibility index (Phi) is 6.79. The van der Waals surface area contributed by atoms with Crippen LogP contribution >= 0.6 is 0 Å². The highest BCUT2D eigenvalue weighted by Crippen LogP contribution is 2.32. The van der Waals surface area contributed by atoms with Crippen LogP contribution in [0.25, 0.3) is 0 Å². The van der Waals surface area contributed by atoms with Crippen molar-refractivity contribution in [3.8, 4) is 0 Å². The van der Waals surface area contributed by atoms with Crippen molar-refractivity contribution in [2.24, 2.45) is 23.5 Å². The summed E-state index contributed by atoms with van der Waals surface area (Å²) in [6.07, 6.45) is 8.97.